The Hall–Kier alpha value is -1.97. The highest BCUT2D eigenvalue weighted by atomic mass is 15.1. The second-order valence-electron chi connectivity index (χ2n) is 2.59. The van der Waals surface area contributed by atoms with Crippen molar-refractivity contribution < 1.29 is 0 Å². The molecule has 2 rings (SSSR count). The Bertz CT molecular complexity index is 399. The quantitative estimate of drug-likeness (QED) is 0.700. The maximum atomic E-state index is 5.73. The van der Waals surface area contributed by atoms with Crippen molar-refractivity contribution in [2.75, 3.05) is 5.73 Å². The van der Waals surface area contributed by atoms with Crippen molar-refractivity contribution in [3.63, 3.8) is 0 Å². The van der Waals surface area contributed by atoms with Crippen LogP contribution < -0.4 is 5.73 Å². The summed E-state index contributed by atoms with van der Waals surface area (Å²) in [5, 5.41) is 7.45. The SMILES string of the molecule is Nc1cnncc1-c1ccncc1. The van der Waals surface area contributed by atoms with Gasteiger partial charge in [-0.2, -0.15) is 10.2 Å². The van der Waals surface area contributed by atoms with Gasteiger partial charge in [-0.1, -0.05) is 0 Å². The topological polar surface area (TPSA) is 64.7 Å². The summed E-state index contributed by atoms with van der Waals surface area (Å²) >= 11 is 0. The lowest BCUT2D eigenvalue weighted by atomic mass is 10.1. The molecule has 64 valence electrons. The number of aromatic nitrogens is 3. The fraction of sp³-hybridized carbons (Fsp3) is 0. The smallest absolute Gasteiger partial charge is 0.0732 e. The minimum absolute atomic E-state index is 0.626. The van der Waals surface area contributed by atoms with Gasteiger partial charge in [0.25, 0.3) is 0 Å². The Labute approximate surface area is 75.5 Å². The highest BCUT2D eigenvalue weighted by Crippen LogP contribution is 2.22. The zero-order valence-electron chi connectivity index (χ0n) is 6.88. The van der Waals surface area contributed by atoms with Crippen molar-refractivity contribution in [1.82, 2.24) is 15.2 Å². The van der Waals surface area contributed by atoms with E-state index < -0.39 is 0 Å². The van der Waals surface area contributed by atoms with E-state index in [2.05, 4.69) is 15.2 Å². The van der Waals surface area contributed by atoms with Crippen molar-refractivity contribution in [3.8, 4) is 11.1 Å². The van der Waals surface area contributed by atoms with Gasteiger partial charge in [-0.05, 0) is 17.7 Å². The van der Waals surface area contributed by atoms with Crippen molar-refractivity contribution in [3.05, 3.63) is 36.9 Å². The van der Waals surface area contributed by atoms with Gasteiger partial charge in [-0.25, -0.2) is 0 Å². The molecule has 2 N–H and O–H groups in total. The molecule has 0 saturated heterocycles. The lowest BCUT2D eigenvalue weighted by Gasteiger charge is -2.02. The normalized spacial score (nSPS) is 9.85. The number of rotatable bonds is 1. The molecule has 0 saturated carbocycles. The summed E-state index contributed by atoms with van der Waals surface area (Å²) in [6, 6.07) is 3.76. The molecule has 2 aromatic rings. The highest BCUT2D eigenvalue weighted by Gasteiger charge is 2.00. The highest BCUT2D eigenvalue weighted by molar-refractivity contribution is 5.73. The van der Waals surface area contributed by atoms with Crippen LogP contribution in [0, 0.1) is 0 Å². The first-order valence-corrected chi connectivity index (χ1v) is 3.84. The first-order valence-electron chi connectivity index (χ1n) is 3.84. The minimum Gasteiger partial charge on any atom is -0.397 e. The van der Waals surface area contributed by atoms with Crippen molar-refractivity contribution >= 4 is 5.69 Å². The molecule has 2 heterocycles. The fourth-order valence-corrected chi connectivity index (χ4v) is 1.10. The van der Waals surface area contributed by atoms with Crippen LogP contribution in [0.3, 0.4) is 0 Å². The maximum absolute atomic E-state index is 5.73. The molecule has 0 bridgehead atoms. The van der Waals surface area contributed by atoms with E-state index in [9.17, 15) is 0 Å². The fourth-order valence-electron chi connectivity index (χ4n) is 1.10. The monoisotopic (exact) mass is 172 g/mol. The third-order valence-corrected chi connectivity index (χ3v) is 1.75. The maximum Gasteiger partial charge on any atom is 0.0732 e. The predicted octanol–water partition coefficient (Wildman–Crippen LogP) is 1.12. The molecule has 2 aromatic heterocycles. The zero-order chi connectivity index (χ0) is 9.10. The van der Waals surface area contributed by atoms with E-state index in [0.717, 1.165) is 11.1 Å². The first-order chi connectivity index (χ1) is 6.38. The minimum atomic E-state index is 0.626. The van der Waals surface area contributed by atoms with Crippen LogP contribution in [-0.2, 0) is 0 Å². The Kier molecular flexibility index (Phi) is 1.88. The van der Waals surface area contributed by atoms with E-state index in [4.69, 9.17) is 5.73 Å². The molecule has 13 heavy (non-hydrogen) atoms. The van der Waals surface area contributed by atoms with Gasteiger partial charge >= 0.3 is 0 Å². The molecular weight excluding hydrogens is 164 g/mol. The lowest BCUT2D eigenvalue weighted by Crippen LogP contribution is -1.92. The van der Waals surface area contributed by atoms with Crippen LogP contribution in [0.4, 0.5) is 5.69 Å². The number of pyridine rings is 1. The van der Waals surface area contributed by atoms with Gasteiger partial charge in [0, 0.05) is 18.0 Å². The van der Waals surface area contributed by atoms with Crippen LogP contribution in [0.25, 0.3) is 11.1 Å². The summed E-state index contributed by atoms with van der Waals surface area (Å²) in [4.78, 5) is 3.92. The van der Waals surface area contributed by atoms with Crippen molar-refractivity contribution in [2.45, 2.75) is 0 Å². The number of nitrogen functional groups attached to an aromatic ring is 1. The van der Waals surface area contributed by atoms with Gasteiger partial charge in [0.15, 0.2) is 0 Å². The summed E-state index contributed by atoms with van der Waals surface area (Å²) in [6.45, 7) is 0. The van der Waals surface area contributed by atoms with Gasteiger partial charge in [-0.3, -0.25) is 4.98 Å². The largest absolute Gasteiger partial charge is 0.397 e. The van der Waals surface area contributed by atoms with E-state index in [0.29, 0.717) is 5.69 Å². The molecular formula is C9H8N4. The molecule has 0 amide bonds. The molecule has 0 aliphatic carbocycles. The summed E-state index contributed by atoms with van der Waals surface area (Å²) < 4.78 is 0. The zero-order valence-corrected chi connectivity index (χ0v) is 6.88. The second kappa shape index (κ2) is 3.18. The molecule has 0 aromatic carbocycles. The molecule has 4 nitrogen and oxygen atoms in total. The van der Waals surface area contributed by atoms with Crippen LogP contribution in [0.1, 0.15) is 0 Å². The molecule has 0 aliphatic heterocycles. The van der Waals surface area contributed by atoms with Gasteiger partial charge in [0.05, 0.1) is 18.1 Å². The standard InChI is InChI=1S/C9H8N4/c10-9-6-13-12-5-8(9)7-1-3-11-4-2-7/h1-6H,(H2,10,12). The Morgan fingerprint density at radius 2 is 1.69 bits per heavy atom. The Morgan fingerprint density at radius 3 is 2.38 bits per heavy atom. The summed E-state index contributed by atoms with van der Waals surface area (Å²) in [7, 11) is 0. The van der Waals surface area contributed by atoms with Crippen molar-refractivity contribution in [1.29, 1.82) is 0 Å². The van der Waals surface area contributed by atoms with E-state index in [1.807, 2.05) is 12.1 Å². The number of anilines is 1. The molecule has 0 spiro atoms. The number of nitrogens with zero attached hydrogens (tertiary/aromatic N) is 3. The van der Waals surface area contributed by atoms with Gasteiger partial charge in [0.2, 0.25) is 0 Å². The third kappa shape index (κ3) is 1.46. The number of hydrogen-bond acceptors (Lipinski definition) is 4. The molecule has 0 fully saturated rings. The average Bonchev–Trinajstić information content (AvgIpc) is 2.20. The molecule has 0 aliphatic rings. The number of hydrogen-bond donors (Lipinski definition) is 1. The first kappa shape index (κ1) is 7.67. The predicted molar refractivity (Wildman–Crippen MR) is 49.7 cm³/mol. The lowest BCUT2D eigenvalue weighted by molar-refractivity contribution is 1.04. The van der Waals surface area contributed by atoms with Gasteiger partial charge in [-0.15, -0.1) is 0 Å². The van der Waals surface area contributed by atoms with Gasteiger partial charge < -0.3 is 5.73 Å². The van der Waals surface area contributed by atoms with Gasteiger partial charge in [0.1, 0.15) is 0 Å². The Balaban J connectivity index is 2.54. The van der Waals surface area contributed by atoms with Crippen LogP contribution >= 0.6 is 0 Å². The molecule has 0 unspecified atom stereocenters. The van der Waals surface area contributed by atoms with Crippen LogP contribution in [-0.4, -0.2) is 15.2 Å². The second-order valence-corrected chi connectivity index (χ2v) is 2.59. The van der Waals surface area contributed by atoms with E-state index in [1.54, 1.807) is 18.6 Å². The Morgan fingerprint density at radius 1 is 1.00 bits per heavy atom. The third-order valence-electron chi connectivity index (χ3n) is 1.75. The van der Waals surface area contributed by atoms with Crippen LogP contribution in [0.5, 0.6) is 0 Å². The molecule has 0 atom stereocenters. The van der Waals surface area contributed by atoms with Crippen LogP contribution in [0.2, 0.25) is 0 Å². The molecule has 4 heteroatoms. The number of nitrogens with two attached hydrogens (primary N) is 1. The van der Waals surface area contributed by atoms with Crippen molar-refractivity contribution in [2.24, 2.45) is 0 Å². The average molecular weight is 172 g/mol. The summed E-state index contributed by atoms with van der Waals surface area (Å²) in [5.41, 5.74) is 8.24. The van der Waals surface area contributed by atoms with Crippen LogP contribution in [0.15, 0.2) is 36.9 Å². The van der Waals surface area contributed by atoms with E-state index in [1.165, 1.54) is 6.20 Å². The summed E-state index contributed by atoms with van der Waals surface area (Å²) in [6.07, 6.45) is 6.62. The van der Waals surface area contributed by atoms with E-state index in [-0.39, 0.29) is 0 Å². The molecule has 0 radical (unpaired) electrons. The van der Waals surface area contributed by atoms with E-state index >= 15 is 0 Å². The summed E-state index contributed by atoms with van der Waals surface area (Å²) in [5.74, 6) is 0.